The van der Waals surface area contributed by atoms with E-state index in [1.54, 1.807) is 18.2 Å². The Labute approximate surface area is 106 Å². The average Bonchev–Trinajstić information content (AvgIpc) is 2.36. The molecule has 0 bridgehead atoms. The molecule has 1 N–H and O–H groups in total. The van der Waals surface area contributed by atoms with Crippen LogP contribution >= 0.6 is 0 Å². The second kappa shape index (κ2) is 4.89. The van der Waals surface area contributed by atoms with Crippen molar-refractivity contribution in [3.05, 3.63) is 58.9 Å². The van der Waals surface area contributed by atoms with E-state index in [0.717, 1.165) is 22.5 Å². The molecule has 0 aliphatic heterocycles. The van der Waals surface area contributed by atoms with Gasteiger partial charge in [0.1, 0.15) is 5.82 Å². The molecule has 0 heterocycles. The quantitative estimate of drug-likeness (QED) is 0.859. The molecule has 0 spiro atoms. The van der Waals surface area contributed by atoms with Crippen LogP contribution in [0.5, 0.6) is 0 Å². The second-order valence-electron chi connectivity index (χ2n) is 4.23. The van der Waals surface area contributed by atoms with Gasteiger partial charge in [0.05, 0.1) is 11.6 Å². The van der Waals surface area contributed by atoms with Gasteiger partial charge in [-0.05, 0) is 55.3 Å². The van der Waals surface area contributed by atoms with Gasteiger partial charge in [-0.1, -0.05) is 6.07 Å². The van der Waals surface area contributed by atoms with Crippen LogP contribution in [0.25, 0.3) is 0 Å². The van der Waals surface area contributed by atoms with Crippen molar-refractivity contribution in [1.29, 1.82) is 5.26 Å². The van der Waals surface area contributed by atoms with Crippen molar-refractivity contribution in [2.24, 2.45) is 0 Å². The third-order valence-electron chi connectivity index (χ3n) is 2.82. The van der Waals surface area contributed by atoms with Crippen molar-refractivity contribution in [2.75, 3.05) is 5.32 Å². The number of hydrogen-bond acceptors (Lipinski definition) is 2. The Morgan fingerprint density at radius 2 is 1.78 bits per heavy atom. The molecule has 2 aromatic rings. The molecule has 0 radical (unpaired) electrons. The molecule has 0 atom stereocenters. The molecule has 3 heteroatoms. The van der Waals surface area contributed by atoms with E-state index in [1.807, 2.05) is 19.9 Å². The Morgan fingerprint density at radius 3 is 2.44 bits per heavy atom. The van der Waals surface area contributed by atoms with Gasteiger partial charge in [-0.25, -0.2) is 4.39 Å². The summed E-state index contributed by atoms with van der Waals surface area (Å²) in [6.45, 7) is 3.83. The maximum atomic E-state index is 13.2. The number of aryl methyl sites for hydroxylation is 2. The van der Waals surface area contributed by atoms with Crippen LogP contribution < -0.4 is 5.32 Å². The van der Waals surface area contributed by atoms with E-state index in [2.05, 4.69) is 11.4 Å². The molecular weight excluding hydrogens is 227 g/mol. The largest absolute Gasteiger partial charge is 0.355 e. The topological polar surface area (TPSA) is 35.8 Å². The van der Waals surface area contributed by atoms with Gasteiger partial charge < -0.3 is 5.32 Å². The molecule has 90 valence electrons. The first kappa shape index (κ1) is 12.1. The summed E-state index contributed by atoms with van der Waals surface area (Å²) in [5, 5.41) is 12.0. The van der Waals surface area contributed by atoms with E-state index in [1.165, 1.54) is 12.1 Å². The third-order valence-corrected chi connectivity index (χ3v) is 2.82. The fraction of sp³-hybridized carbons (Fsp3) is 0.133. The van der Waals surface area contributed by atoms with Crippen molar-refractivity contribution in [1.82, 2.24) is 0 Å². The van der Waals surface area contributed by atoms with Gasteiger partial charge in [-0.15, -0.1) is 0 Å². The number of hydrogen-bond donors (Lipinski definition) is 1. The average molecular weight is 240 g/mol. The van der Waals surface area contributed by atoms with Crippen molar-refractivity contribution in [3.8, 4) is 6.07 Å². The highest BCUT2D eigenvalue weighted by atomic mass is 19.1. The summed E-state index contributed by atoms with van der Waals surface area (Å²) < 4.78 is 13.2. The van der Waals surface area contributed by atoms with Gasteiger partial charge >= 0.3 is 0 Å². The van der Waals surface area contributed by atoms with E-state index in [-0.39, 0.29) is 5.82 Å². The van der Waals surface area contributed by atoms with Gasteiger partial charge in [0.2, 0.25) is 0 Å². The number of nitrogens with one attached hydrogen (secondary N) is 1. The Balaban J connectivity index is 2.34. The molecule has 0 fully saturated rings. The van der Waals surface area contributed by atoms with Crippen LogP contribution in [-0.4, -0.2) is 0 Å². The van der Waals surface area contributed by atoms with Crippen molar-refractivity contribution >= 4 is 11.4 Å². The highest BCUT2D eigenvalue weighted by Crippen LogP contribution is 2.24. The SMILES string of the molecule is Cc1cc(C#N)ccc1Nc1cc(F)ccc1C. The number of benzene rings is 2. The van der Waals surface area contributed by atoms with Crippen LogP contribution in [0, 0.1) is 31.0 Å². The van der Waals surface area contributed by atoms with E-state index < -0.39 is 0 Å². The molecule has 18 heavy (non-hydrogen) atoms. The molecule has 0 aromatic heterocycles. The Kier molecular flexibility index (Phi) is 3.29. The number of anilines is 2. The maximum absolute atomic E-state index is 13.2. The second-order valence-corrected chi connectivity index (χ2v) is 4.23. The standard InChI is InChI=1S/C15H13FN2/c1-10-3-5-13(16)8-15(10)18-14-6-4-12(9-17)7-11(14)2/h3-8,18H,1-2H3. The lowest BCUT2D eigenvalue weighted by Gasteiger charge is -2.12. The van der Waals surface area contributed by atoms with Crippen molar-refractivity contribution in [3.63, 3.8) is 0 Å². The lowest BCUT2D eigenvalue weighted by molar-refractivity contribution is 0.628. The molecule has 0 saturated heterocycles. The number of halogens is 1. The first-order valence-corrected chi connectivity index (χ1v) is 5.64. The summed E-state index contributed by atoms with van der Waals surface area (Å²) in [6.07, 6.45) is 0. The minimum absolute atomic E-state index is 0.269. The summed E-state index contributed by atoms with van der Waals surface area (Å²) in [5.41, 5.74) is 4.16. The van der Waals surface area contributed by atoms with Crippen molar-refractivity contribution in [2.45, 2.75) is 13.8 Å². The lowest BCUT2D eigenvalue weighted by atomic mass is 10.1. The normalized spacial score (nSPS) is 9.89. The lowest BCUT2D eigenvalue weighted by Crippen LogP contribution is -1.96. The molecule has 0 unspecified atom stereocenters. The van der Waals surface area contributed by atoms with Gasteiger partial charge in [0, 0.05) is 11.4 Å². The van der Waals surface area contributed by atoms with Gasteiger partial charge in [-0.2, -0.15) is 5.26 Å². The zero-order valence-corrected chi connectivity index (χ0v) is 10.3. The summed E-state index contributed by atoms with van der Waals surface area (Å²) in [4.78, 5) is 0. The molecular formula is C15H13FN2. The number of nitriles is 1. The first-order chi connectivity index (χ1) is 8.60. The molecule has 2 aromatic carbocycles. The zero-order valence-electron chi connectivity index (χ0n) is 10.3. The van der Waals surface area contributed by atoms with Crippen LogP contribution in [-0.2, 0) is 0 Å². The van der Waals surface area contributed by atoms with Crippen LogP contribution in [0.1, 0.15) is 16.7 Å². The number of rotatable bonds is 2. The molecule has 2 rings (SSSR count). The highest BCUT2D eigenvalue weighted by Gasteiger charge is 2.04. The predicted octanol–water partition coefficient (Wildman–Crippen LogP) is 4.06. The zero-order chi connectivity index (χ0) is 13.1. The van der Waals surface area contributed by atoms with Crippen LogP contribution in [0.2, 0.25) is 0 Å². The minimum Gasteiger partial charge on any atom is -0.355 e. The first-order valence-electron chi connectivity index (χ1n) is 5.64. The van der Waals surface area contributed by atoms with E-state index in [4.69, 9.17) is 5.26 Å². The predicted molar refractivity (Wildman–Crippen MR) is 70.3 cm³/mol. The molecule has 0 saturated carbocycles. The third kappa shape index (κ3) is 2.49. The fourth-order valence-electron chi connectivity index (χ4n) is 1.75. The molecule has 2 nitrogen and oxygen atoms in total. The van der Waals surface area contributed by atoms with Gasteiger partial charge in [0.15, 0.2) is 0 Å². The van der Waals surface area contributed by atoms with Crippen LogP contribution in [0.15, 0.2) is 36.4 Å². The van der Waals surface area contributed by atoms with Crippen LogP contribution in [0.4, 0.5) is 15.8 Å². The summed E-state index contributed by atoms with van der Waals surface area (Å²) in [7, 11) is 0. The van der Waals surface area contributed by atoms with Crippen molar-refractivity contribution < 1.29 is 4.39 Å². The Morgan fingerprint density at radius 1 is 1.00 bits per heavy atom. The van der Waals surface area contributed by atoms with E-state index in [0.29, 0.717) is 5.56 Å². The summed E-state index contributed by atoms with van der Waals surface area (Å²) >= 11 is 0. The van der Waals surface area contributed by atoms with E-state index in [9.17, 15) is 4.39 Å². The fourth-order valence-corrected chi connectivity index (χ4v) is 1.75. The van der Waals surface area contributed by atoms with Gasteiger partial charge in [0.25, 0.3) is 0 Å². The highest BCUT2D eigenvalue weighted by molar-refractivity contribution is 5.66. The number of nitrogens with zero attached hydrogens (tertiary/aromatic N) is 1. The van der Waals surface area contributed by atoms with Gasteiger partial charge in [-0.3, -0.25) is 0 Å². The Bertz CT molecular complexity index is 627. The molecule has 0 aliphatic carbocycles. The minimum atomic E-state index is -0.269. The molecule has 0 amide bonds. The smallest absolute Gasteiger partial charge is 0.125 e. The molecule has 0 aliphatic rings. The monoisotopic (exact) mass is 240 g/mol. The van der Waals surface area contributed by atoms with E-state index >= 15 is 0 Å². The Hall–Kier alpha value is -2.34. The van der Waals surface area contributed by atoms with Crippen LogP contribution in [0.3, 0.4) is 0 Å². The summed E-state index contributed by atoms with van der Waals surface area (Å²) in [5.74, 6) is -0.269. The summed E-state index contributed by atoms with van der Waals surface area (Å²) in [6, 6.07) is 12.1. The maximum Gasteiger partial charge on any atom is 0.125 e.